The molecule has 0 unspecified atom stereocenters. The summed E-state index contributed by atoms with van der Waals surface area (Å²) in [7, 11) is -3.98. The molecule has 1 fully saturated rings. The molecular weight excluding hydrogens is 592 g/mol. The maximum Gasteiger partial charge on any atom is 0.310 e. The normalized spacial score (nSPS) is 18.2. The number of hydrogen-bond donors (Lipinski definition) is 1. The minimum absolute atomic E-state index is 0.0281. The number of carboxylic acid groups (broad SMARTS) is 1. The molecule has 1 atom stereocenters. The number of ether oxygens (including phenoxy) is 1. The molecule has 1 aliphatic carbocycles. The minimum Gasteiger partial charge on any atom is -0.481 e. The smallest absolute Gasteiger partial charge is 0.310 e. The zero-order valence-corrected chi connectivity index (χ0v) is 25.8. The van der Waals surface area contributed by atoms with Gasteiger partial charge < -0.3 is 9.84 Å². The van der Waals surface area contributed by atoms with Crippen LogP contribution < -0.4 is 4.74 Å². The Morgan fingerprint density at radius 3 is 2.52 bits per heavy atom. The van der Waals surface area contributed by atoms with E-state index < -0.39 is 45.2 Å². The molecule has 0 saturated heterocycles. The van der Waals surface area contributed by atoms with E-state index >= 15 is 0 Å². The summed E-state index contributed by atoms with van der Waals surface area (Å²) in [6, 6.07) is 8.73. The molecular formula is C31H33F2N5O5S. The second kappa shape index (κ2) is 10.3. The van der Waals surface area contributed by atoms with Crippen molar-refractivity contribution in [3.8, 4) is 5.88 Å². The highest BCUT2D eigenvalue weighted by atomic mass is 32.2. The number of aliphatic carboxylic acids is 1. The van der Waals surface area contributed by atoms with Gasteiger partial charge in [0.1, 0.15) is 10.5 Å². The Morgan fingerprint density at radius 1 is 1.14 bits per heavy atom. The molecule has 1 N–H and O–H groups in total. The molecule has 1 spiro atoms. The Balaban J connectivity index is 1.45. The molecule has 232 valence electrons. The first-order chi connectivity index (χ1) is 20.6. The highest BCUT2D eigenvalue weighted by molar-refractivity contribution is 7.89. The monoisotopic (exact) mass is 625 g/mol. The van der Waals surface area contributed by atoms with E-state index in [0.29, 0.717) is 40.7 Å². The number of carbonyl (C=O) groups is 1. The van der Waals surface area contributed by atoms with Crippen molar-refractivity contribution in [1.82, 2.24) is 23.9 Å². The van der Waals surface area contributed by atoms with E-state index in [1.54, 1.807) is 46.0 Å². The predicted octanol–water partition coefficient (Wildman–Crippen LogP) is 5.35. The van der Waals surface area contributed by atoms with Crippen LogP contribution in [0.2, 0.25) is 0 Å². The van der Waals surface area contributed by atoms with Gasteiger partial charge in [0.2, 0.25) is 21.7 Å². The van der Waals surface area contributed by atoms with E-state index in [0.717, 1.165) is 5.56 Å². The van der Waals surface area contributed by atoms with Gasteiger partial charge in [-0.05, 0) is 93.0 Å². The first-order valence-electron chi connectivity index (χ1n) is 14.3. The molecule has 4 aromatic rings. The van der Waals surface area contributed by atoms with Crippen LogP contribution in [0.4, 0.5) is 8.78 Å². The minimum atomic E-state index is -3.98. The molecule has 0 amide bonds. The van der Waals surface area contributed by atoms with Crippen LogP contribution in [0.1, 0.15) is 78.2 Å². The average Bonchev–Trinajstić information content (AvgIpc) is 3.57. The molecule has 10 nitrogen and oxygen atoms in total. The van der Waals surface area contributed by atoms with Crippen molar-refractivity contribution in [2.24, 2.45) is 5.41 Å². The predicted molar refractivity (Wildman–Crippen MR) is 156 cm³/mol. The molecule has 1 aliphatic heterocycles. The number of benzene rings is 1. The van der Waals surface area contributed by atoms with E-state index in [-0.39, 0.29) is 29.5 Å². The summed E-state index contributed by atoms with van der Waals surface area (Å²) in [5.41, 5.74) is 2.22. The molecule has 3 aromatic heterocycles. The second-order valence-electron chi connectivity index (χ2n) is 12.5. The van der Waals surface area contributed by atoms with E-state index in [9.17, 15) is 27.1 Å². The van der Waals surface area contributed by atoms with Crippen molar-refractivity contribution >= 4 is 21.6 Å². The maximum atomic E-state index is 14.0. The third kappa shape index (κ3) is 4.91. The standard InChI is InChI=1S/C31H33F2N5O5S/c1-17-12-23-28(34-14-17)43-31(9-10-31)16-37(44(23,41)42)15-21-13-20(7-6-18(21)2)24(30(4,5)29(39)40)22-8-11-38-26(19(22)3)35-36-27(38)25(32)33/h6-8,11-14,24-25H,9-10,15-16H2,1-5H3,(H,39,40)/t24-/m1/s1. The molecule has 13 heteroatoms. The number of hydrogen-bond acceptors (Lipinski definition) is 7. The van der Waals surface area contributed by atoms with Crippen LogP contribution in [0.5, 0.6) is 5.88 Å². The number of halogens is 2. The zero-order valence-electron chi connectivity index (χ0n) is 25.0. The third-order valence-corrected chi connectivity index (χ3v) is 10.7. The van der Waals surface area contributed by atoms with Crippen LogP contribution in [0.15, 0.2) is 47.6 Å². The summed E-state index contributed by atoms with van der Waals surface area (Å²) in [4.78, 5) is 17.0. The Kier molecular flexibility index (Phi) is 7.04. The molecule has 44 heavy (non-hydrogen) atoms. The fraction of sp³-hybridized carbons (Fsp3) is 0.419. The molecule has 4 heterocycles. The Bertz CT molecular complexity index is 1920. The van der Waals surface area contributed by atoms with Crippen LogP contribution in [0.3, 0.4) is 0 Å². The van der Waals surface area contributed by atoms with Gasteiger partial charge in [-0.1, -0.05) is 18.2 Å². The lowest BCUT2D eigenvalue weighted by Gasteiger charge is -2.33. The maximum absolute atomic E-state index is 14.0. The van der Waals surface area contributed by atoms with Crippen LogP contribution in [0.25, 0.3) is 5.65 Å². The molecule has 6 rings (SSSR count). The van der Waals surface area contributed by atoms with E-state index in [1.807, 2.05) is 25.1 Å². The summed E-state index contributed by atoms with van der Waals surface area (Å²) in [6.07, 6.45) is 1.61. The van der Waals surface area contributed by atoms with Crippen molar-refractivity contribution in [3.63, 3.8) is 0 Å². The van der Waals surface area contributed by atoms with Crippen LogP contribution in [-0.2, 0) is 21.4 Å². The van der Waals surface area contributed by atoms with Gasteiger partial charge in [0.05, 0.1) is 12.0 Å². The quantitative estimate of drug-likeness (QED) is 0.292. The number of aromatic nitrogens is 4. The first kappa shape index (κ1) is 30.1. The zero-order chi connectivity index (χ0) is 31.8. The van der Waals surface area contributed by atoms with Gasteiger partial charge in [-0.2, -0.15) is 4.31 Å². The number of alkyl halides is 2. The van der Waals surface area contributed by atoms with E-state index in [2.05, 4.69) is 15.2 Å². The average molecular weight is 626 g/mol. The molecule has 0 bridgehead atoms. The molecule has 1 saturated carbocycles. The van der Waals surface area contributed by atoms with Gasteiger partial charge in [0.15, 0.2) is 5.65 Å². The van der Waals surface area contributed by atoms with Gasteiger partial charge in [0, 0.05) is 24.9 Å². The lowest BCUT2D eigenvalue weighted by molar-refractivity contribution is -0.147. The highest BCUT2D eigenvalue weighted by Crippen LogP contribution is 2.47. The highest BCUT2D eigenvalue weighted by Gasteiger charge is 2.52. The van der Waals surface area contributed by atoms with Crippen molar-refractivity contribution in [3.05, 3.63) is 81.9 Å². The largest absolute Gasteiger partial charge is 0.481 e. The van der Waals surface area contributed by atoms with Gasteiger partial charge in [0.25, 0.3) is 6.43 Å². The van der Waals surface area contributed by atoms with Crippen LogP contribution >= 0.6 is 0 Å². The third-order valence-electron chi connectivity index (χ3n) is 8.88. The first-order valence-corrected chi connectivity index (χ1v) is 15.7. The second-order valence-corrected chi connectivity index (χ2v) is 14.4. The van der Waals surface area contributed by atoms with Gasteiger partial charge in [-0.3, -0.25) is 9.20 Å². The summed E-state index contributed by atoms with van der Waals surface area (Å²) >= 11 is 0. The van der Waals surface area contributed by atoms with Crippen molar-refractivity contribution in [1.29, 1.82) is 0 Å². The number of fused-ring (bicyclic) bond motifs is 2. The summed E-state index contributed by atoms with van der Waals surface area (Å²) in [5.74, 6) is -2.17. The van der Waals surface area contributed by atoms with Crippen molar-refractivity contribution in [2.45, 2.75) is 76.8 Å². The fourth-order valence-corrected chi connectivity index (χ4v) is 7.67. The lowest BCUT2D eigenvalue weighted by Crippen LogP contribution is -2.38. The summed E-state index contributed by atoms with van der Waals surface area (Å²) in [6.45, 7) is 8.78. The number of aryl methyl sites for hydroxylation is 3. The molecule has 2 aliphatic rings. The SMILES string of the molecule is Cc1cnc2c(c1)S(=O)(=O)N(Cc1cc([C@H](c3ccn4c(C(F)F)nnc4c3C)C(C)(C)C(=O)O)ccc1C)CC1(CC1)O2. The Labute approximate surface area is 253 Å². The number of rotatable bonds is 7. The van der Waals surface area contributed by atoms with Gasteiger partial charge in [-0.25, -0.2) is 22.2 Å². The number of sulfonamides is 1. The fourth-order valence-electron chi connectivity index (χ4n) is 6.03. The van der Waals surface area contributed by atoms with Crippen molar-refractivity contribution in [2.75, 3.05) is 6.54 Å². The number of carboxylic acids is 1. The van der Waals surface area contributed by atoms with E-state index in [1.165, 1.54) is 14.9 Å². The lowest BCUT2D eigenvalue weighted by atomic mass is 9.70. The van der Waals surface area contributed by atoms with E-state index in [4.69, 9.17) is 4.74 Å². The Hall–Kier alpha value is -3.97. The van der Waals surface area contributed by atoms with Crippen LogP contribution in [0, 0.1) is 26.2 Å². The van der Waals surface area contributed by atoms with Crippen LogP contribution in [-0.4, -0.2) is 55.5 Å². The topological polar surface area (TPSA) is 127 Å². The molecule has 0 radical (unpaired) electrons. The van der Waals surface area contributed by atoms with Crippen molar-refractivity contribution < 1.29 is 31.8 Å². The summed E-state index contributed by atoms with van der Waals surface area (Å²) in [5, 5.41) is 18.0. The van der Waals surface area contributed by atoms with Gasteiger partial charge >= 0.3 is 5.97 Å². The molecule has 1 aromatic carbocycles. The number of nitrogens with zero attached hydrogens (tertiary/aromatic N) is 5. The van der Waals surface area contributed by atoms with Gasteiger partial charge in [-0.15, -0.1) is 10.2 Å². The number of pyridine rings is 2. The Morgan fingerprint density at radius 2 is 1.86 bits per heavy atom. The summed E-state index contributed by atoms with van der Waals surface area (Å²) < 4.78 is 63.8.